The Hall–Kier alpha value is -3.36. The highest BCUT2D eigenvalue weighted by molar-refractivity contribution is 5.98. The summed E-state index contributed by atoms with van der Waals surface area (Å²) in [7, 11) is 3.55. The lowest BCUT2D eigenvalue weighted by Crippen LogP contribution is -2.55. The Morgan fingerprint density at radius 3 is 2.74 bits per heavy atom. The van der Waals surface area contributed by atoms with Gasteiger partial charge in [-0.05, 0) is 23.6 Å². The van der Waals surface area contributed by atoms with Gasteiger partial charge in [0.15, 0.2) is 5.96 Å². The largest absolute Gasteiger partial charge is 0.352 e. The van der Waals surface area contributed by atoms with Crippen molar-refractivity contribution >= 4 is 29.1 Å². The molecule has 1 aliphatic rings. The number of anilines is 2. The monoisotopic (exact) mass is 425 g/mol. The molecule has 1 fully saturated rings. The lowest BCUT2D eigenvalue weighted by Gasteiger charge is -2.35. The zero-order valence-electron chi connectivity index (χ0n) is 18.6. The number of aliphatic imine (C=N–C) groups is 1. The molecule has 0 radical (unpaired) electrons. The van der Waals surface area contributed by atoms with Crippen molar-refractivity contribution in [3.8, 4) is 0 Å². The van der Waals surface area contributed by atoms with E-state index in [1.54, 1.807) is 22.8 Å². The van der Waals surface area contributed by atoms with Gasteiger partial charge in [0.1, 0.15) is 6.54 Å². The number of guanidine groups is 1. The molecule has 0 unspecified atom stereocenters. The van der Waals surface area contributed by atoms with Crippen molar-refractivity contribution in [2.75, 3.05) is 36.9 Å². The predicted octanol–water partition coefficient (Wildman–Crippen LogP) is 1.83. The van der Waals surface area contributed by atoms with E-state index in [1.807, 2.05) is 56.3 Å². The van der Waals surface area contributed by atoms with Crippen LogP contribution in [0.2, 0.25) is 0 Å². The maximum atomic E-state index is 12.7. The number of carbonyl (C=O) groups is 2. The topological polar surface area (TPSA) is 94.9 Å². The summed E-state index contributed by atoms with van der Waals surface area (Å²) in [4.78, 5) is 32.7. The fourth-order valence-electron chi connectivity index (χ4n) is 3.53. The van der Waals surface area contributed by atoms with E-state index in [-0.39, 0.29) is 18.4 Å². The summed E-state index contributed by atoms with van der Waals surface area (Å²) < 4.78 is 1.69. The smallest absolute Gasteiger partial charge is 0.246 e. The number of carbonyl (C=O) groups excluding carboxylic acids is 2. The summed E-state index contributed by atoms with van der Waals surface area (Å²) in [5.74, 6) is 1.01. The van der Waals surface area contributed by atoms with Crippen LogP contribution in [0.3, 0.4) is 0 Å². The first-order valence-corrected chi connectivity index (χ1v) is 10.5. The van der Waals surface area contributed by atoms with E-state index in [0.717, 1.165) is 16.9 Å². The van der Waals surface area contributed by atoms with Crippen LogP contribution in [0.15, 0.2) is 41.7 Å². The van der Waals surface area contributed by atoms with Crippen LogP contribution in [0.4, 0.5) is 11.4 Å². The molecular formula is C22H31N7O2. The van der Waals surface area contributed by atoms with Gasteiger partial charge in [0.25, 0.3) is 0 Å². The SMILES string of the molecule is CN=C(NCc1cccc(NC(=O)CC(C)C)c1)N1CCN(c2cnn(C)c2)C(=O)C1. The van der Waals surface area contributed by atoms with E-state index in [4.69, 9.17) is 0 Å². The van der Waals surface area contributed by atoms with Crippen LogP contribution in [0.1, 0.15) is 25.8 Å². The van der Waals surface area contributed by atoms with Crippen molar-refractivity contribution in [3.05, 3.63) is 42.2 Å². The van der Waals surface area contributed by atoms with E-state index in [0.29, 0.717) is 37.9 Å². The highest BCUT2D eigenvalue weighted by atomic mass is 16.2. The standard InChI is InChI=1S/C22H31N7O2/c1-16(2)10-20(30)26-18-7-5-6-17(11-18)12-24-22(23-3)28-8-9-29(21(31)15-28)19-13-25-27(4)14-19/h5-7,11,13-14,16H,8-10,12,15H2,1-4H3,(H,23,24)(H,26,30). The maximum absolute atomic E-state index is 12.7. The van der Waals surface area contributed by atoms with E-state index >= 15 is 0 Å². The van der Waals surface area contributed by atoms with Crippen molar-refractivity contribution in [2.24, 2.45) is 18.0 Å². The molecule has 3 rings (SSSR count). The number of aryl methyl sites for hydroxylation is 1. The van der Waals surface area contributed by atoms with E-state index in [2.05, 4.69) is 20.7 Å². The summed E-state index contributed by atoms with van der Waals surface area (Å²) in [6, 6.07) is 7.74. The summed E-state index contributed by atoms with van der Waals surface area (Å²) >= 11 is 0. The first-order valence-electron chi connectivity index (χ1n) is 10.5. The minimum atomic E-state index is 0.0112. The van der Waals surface area contributed by atoms with Gasteiger partial charge in [-0.15, -0.1) is 0 Å². The maximum Gasteiger partial charge on any atom is 0.246 e. The van der Waals surface area contributed by atoms with Crippen molar-refractivity contribution < 1.29 is 9.59 Å². The van der Waals surface area contributed by atoms with Crippen LogP contribution in [-0.2, 0) is 23.2 Å². The number of nitrogens with one attached hydrogen (secondary N) is 2. The van der Waals surface area contributed by atoms with Crippen LogP contribution >= 0.6 is 0 Å². The Morgan fingerprint density at radius 2 is 2.10 bits per heavy atom. The number of aromatic nitrogens is 2. The molecule has 1 aromatic carbocycles. The Kier molecular flexibility index (Phi) is 7.28. The van der Waals surface area contributed by atoms with Crippen LogP contribution in [0, 0.1) is 5.92 Å². The van der Waals surface area contributed by atoms with Crippen LogP contribution < -0.4 is 15.5 Å². The van der Waals surface area contributed by atoms with Crippen LogP contribution in [0.5, 0.6) is 0 Å². The molecule has 1 aromatic heterocycles. The average Bonchev–Trinajstić information content (AvgIpc) is 3.14. The van der Waals surface area contributed by atoms with Crippen molar-refractivity contribution in [1.29, 1.82) is 0 Å². The summed E-state index contributed by atoms with van der Waals surface area (Å²) in [5.41, 5.74) is 2.61. The number of amides is 2. The zero-order chi connectivity index (χ0) is 22.4. The minimum Gasteiger partial charge on any atom is -0.352 e. The Morgan fingerprint density at radius 1 is 1.29 bits per heavy atom. The third-order valence-electron chi connectivity index (χ3n) is 4.99. The average molecular weight is 426 g/mol. The number of hydrogen-bond donors (Lipinski definition) is 2. The lowest BCUT2D eigenvalue weighted by molar-refractivity contribution is -0.120. The van der Waals surface area contributed by atoms with Gasteiger partial charge in [0, 0.05) is 52.0 Å². The predicted molar refractivity (Wildman–Crippen MR) is 122 cm³/mol. The molecular weight excluding hydrogens is 394 g/mol. The molecule has 0 aliphatic carbocycles. The second-order valence-electron chi connectivity index (χ2n) is 8.09. The van der Waals surface area contributed by atoms with E-state index in [1.165, 1.54) is 0 Å². The number of piperazine rings is 1. The van der Waals surface area contributed by atoms with Crippen molar-refractivity contribution in [1.82, 2.24) is 20.0 Å². The van der Waals surface area contributed by atoms with E-state index < -0.39 is 0 Å². The fourth-order valence-corrected chi connectivity index (χ4v) is 3.53. The van der Waals surface area contributed by atoms with Gasteiger partial charge in [0.05, 0.1) is 11.9 Å². The molecule has 2 amide bonds. The molecule has 1 aliphatic heterocycles. The van der Waals surface area contributed by atoms with Crippen LogP contribution in [0.25, 0.3) is 0 Å². The van der Waals surface area contributed by atoms with E-state index in [9.17, 15) is 9.59 Å². The first kappa shape index (κ1) is 22.3. The Bertz CT molecular complexity index is 951. The molecule has 0 spiro atoms. The summed E-state index contributed by atoms with van der Waals surface area (Å²) in [5, 5.41) is 10.4. The third-order valence-corrected chi connectivity index (χ3v) is 4.99. The molecule has 2 N–H and O–H groups in total. The molecule has 2 aromatic rings. The number of benzene rings is 1. The molecule has 9 heteroatoms. The second kappa shape index (κ2) is 10.1. The number of hydrogen-bond acceptors (Lipinski definition) is 4. The van der Waals surface area contributed by atoms with Gasteiger partial charge in [-0.3, -0.25) is 19.3 Å². The molecule has 0 saturated carbocycles. The lowest BCUT2D eigenvalue weighted by atomic mass is 10.1. The fraction of sp³-hybridized carbons (Fsp3) is 0.455. The molecule has 9 nitrogen and oxygen atoms in total. The number of nitrogens with zero attached hydrogens (tertiary/aromatic N) is 5. The van der Waals surface area contributed by atoms with Gasteiger partial charge in [-0.1, -0.05) is 26.0 Å². The van der Waals surface area contributed by atoms with Crippen molar-refractivity contribution in [3.63, 3.8) is 0 Å². The highest BCUT2D eigenvalue weighted by Crippen LogP contribution is 2.16. The van der Waals surface area contributed by atoms with Gasteiger partial charge in [-0.25, -0.2) is 0 Å². The quantitative estimate of drug-likeness (QED) is 0.544. The van der Waals surface area contributed by atoms with Gasteiger partial charge < -0.3 is 20.4 Å². The second-order valence-corrected chi connectivity index (χ2v) is 8.09. The summed E-state index contributed by atoms with van der Waals surface area (Å²) in [6.45, 7) is 6.07. The third kappa shape index (κ3) is 6.07. The molecule has 166 valence electrons. The van der Waals surface area contributed by atoms with Crippen LogP contribution in [-0.4, -0.2) is 59.1 Å². The zero-order valence-corrected chi connectivity index (χ0v) is 18.6. The van der Waals surface area contributed by atoms with Gasteiger partial charge in [0.2, 0.25) is 11.8 Å². The molecule has 2 heterocycles. The highest BCUT2D eigenvalue weighted by Gasteiger charge is 2.27. The summed E-state index contributed by atoms with van der Waals surface area (Å²) in [6.07, 6.45) is 4.04. The molecule has 31 heavy (non-hydrogen) atoms. The first-order chi connectivity index (χ1) is 14.9. The Labute approximate surface area is 183 Å². The van der Waals surface area contributed by atoms with Gasteiger partial charge >= 0.3 is 0 Å². The molecule has 1 saturated heterocycles. The molecule has 0 bridgehead atoms. The number of rotatable bonds is 6. The van der Waals surface area contributed by atoms with Gasteiger partial charge in [-0.2, -0.15) is 5.10 Å². The Balaban J connectivity index is 1.56. The minimum absolute atomic E-state index is 0.0112. The van der Waals surface area contributed by atoms with Crippen molar-refractivity contribution in [2.45, 2.75) is 26.8 Å². The normalized spacial score (nSPS) is 14.9. The molecule has 0 atom stereocenters.